The van der Waals surface area contributed by atoms with Gasteiger partial charge in [-0.15, -0.1) is 0 Å². The first-order valence-corrected chi connectivity index (χ1v) is 6.40. The topological polar surface area (TPSA) is 55.1 Å². The number of benzene rings is 1. The average molecular weight is 264 g/mol. The summed E-state index contributed by atoms with van der Waals surface area (Å²) in [6, 6.07) is 5.81. The van der Waals surface area contributed by atoms with E-state index in [0.717, 1.165) is 11.3 Å². The molecular weight excluding hydrogens is 244 g/mol. The van der Waals surface area contributed by atoms with Crippen molar-refractivity contribution in [2.45, 2.75) is 34.1 Å². The molecule has 1 aromatic carbocycles. The van der Waals surface area contributed by atoms with Gasteiger partial charge >= 0.3 is 0 Å². The smallest absolute Gasteiger partial charge is 0.237 e. The molecule has 4 heteroatoms. The summed E-state index contributed by atoms with van der Waals surface area (Å²) in [6.45, 7) is 7.72. The van der Waals surface area contributed by atoms with Gasteiger partial charge in [-0.05, 0) is 50.5 Å². The third-order valence-electron chi connectivity index (χ3n) is 3.52. The van der Waals surface area contributed by atoms with Gasteiger partial charge in [-0.3, -0.25) is 4.79 Å². The van der Waals surface area contributed by atoms with Crippen LogP contribution in [-0.2, 0) is 4.79 Å². The van der Waals surface area contributed by atoms with E-state index in [4.69, 9.17) is 18.0 Å². The summed E-state index contributed by atoms with van der Waals surface area (Å²) in [5.74, 6) is -0.152. The molecule has 1 unspecified atom stereocenters. The predicted octanol–water partition coefficient (Wildman–Crippen LogP) is 2.94. The third-order valence-corrected chi connectivity index (χ3v) is 3.97. The van der Waals surface area contributed by atoms with Crippen LogP contribution in [0.5, 0.6) is 0 Å². The lowest BCUT2D eigenvalue weighted by molar-refractivity contribution is -0.121. The number of aryl methyl sites for hydroxylation is 2. The van der Waals surface area contributed by atoms with Crippen LogP contribution in [0.4, 0.5) is 5.69 Å². The number of thiocarbonyl (C=S) groups is 1. The van der Waals surface area contributed by atoms with Gasteiger partial charge in [0.25, 0.3) is 0 Å². The number of hydrogen-bond acceptors (Lipinski definition) is 2. The lowest BCUT2D eigenvalue weighted by atomic mass is 9.86. The molecule has 0 aliphatic rings. The Morgan fingerprint density at radius 3 is 2.44 bits per heavy atom. The highest BCUT2D eigenvalue weighted by molar-refractivity contribution is 7.80. The van der Waals surface area contributed by atoms with Crippen molar-refractivity contribution in [3.8, 4) is 0 Å². The van der Waals surface area contributed by atoms with Crippen molar-refractivity contribution < 1.29 is 4.79 Å². The SMILES string of the molecule is CCC(C)(C(=O)Nc1ccc(C)c(C)c1)C(N)=S. The van der Waals surface area contributed by atoms with Crippen LogP contribution >= 0.6 is 12.2 Å². The number of nitrogens with two attached hydrogens (primary N) is 1. The molecule has 0 heterocycles. The van der Waals surface area contributed by atoms with E-state index >= 15 is 0 Å². The summed E-state index contributed by atoms with van der Waals surface area (Å²) in [7, 11) is 0. The van der Waals surface area contributed by atoms with Gasteiger partial charge < -0.3 is 11.1 Å². The van der Waals surface area contributed by atoms with E-state index in [2.05, 4.69) is 5.32 Å². The van der Waals surface area contributed by atoms with Crippen molar-refractivity contribution in [3.63, 3.8) is 0 Å². The third kappa shape index (κ3) is 2.88. The monoisotopic (exact) mass is 264 g/mol. The summed E-state index contributed by atoms with van der Waals surface area (Å²) >= 11 is 4.99. The van der Waals surface area contributed by atoms with Gasteiger partial charge in [0.1, 0.15) is 0 Å². The molecule has 0 saturated heterocycles. The molecule has 3 nitrogen and oxygen atoms in total. The second kappa shape index (κ2) is 5.48. The van der Waals surface area contributed by atoms with Gasteiger partial charge in [-0.25, -0.2) is 0 Å². The van der Waals surface area contributed by atoms with Crippen LogP contribution in [0.1, 0.15) is 31.4 Å². The first kappa shape index (κ1) is 14.6. The molecule has 98 valence electrons. The average Bonchev–Trinajstić information content (AvgIpc) is 2.32. The van der Waals surface area contributed by atoms with Crippen LogP contribution in [0, 0.1) is 19.3 Å². The van der Waals surface area contributed by atoms with E-state index in [-0.39, 0.29) is 10.9 Å². The highest BCUT2D eigenvalue weighted by Crippen LogP contribution is 2.24. The molecule has 0 spiro atoms. The van der Waals surface area contributed by atoms with Gasteiger partial charge in [-0.2, -0.15) is 0 Å². The summed E-state index contributed by atoms with van der Waals surface area (Å²) in [6.07, 6.45) is 0.582. The van der Waals surface area contributed by atoms with E-state index in [1.54, 1.807) is 6.92 Å². The lowest BCUT2D eigenvalue weighted by Crippen LogP contribution is -2.43. The molecule has 0 radical (unpaired) electrons. The molecule has 0 saturated carbocycles. The van der Waals surface area contributed by atoms with Crippen molar-refractivity contribution in [2.75, 3.05) is 5.32 Å². The molecule has 1 atom stereocenters. The fourth-order valence-electron chi connectivity index (χ4n) is 1.53. The van der Waals surface area contributed by atoms with E-state index in [0.29, 0.717) is 6.42 Å². The standard InChI is InChI=1S/C14H20N2OS/c1-5-14(4,12(15)18)13(17)16-11-7-6-9(2)10(3)8-11/h6-8H,5H2,1-4H3,(H2,15,18)(H,16,17). The molecule has 1 aromatic rings. The van der Waals surface area contributed by atoms with Crippen molar-refractivity contribution in [2.24, 2.45) is 11.1 Å². The minimum atomic E-state index is -0.797. The number of rotatable bonds is 4. The van der Waals surface area contributed by atoms with Crippen LogP contribution in [0.25, 0.3) is 0 Å². The zero-order valence-corrected chi connectivity index (χ0v) is 12.1. The van der Waals surface area contributed by atoms with Crippen molar-refractivity contribution in [1.29, 1.82) is 0 Å². The fourth-order valence-corrected chi connectivity index (χ4v) is 1.77. The zero-order chi connectivity index (χ0) is 13.9. The summed E-state index contributed by atoms with van der Waals surface area (Å²) in [5.41, 5.74) is 7.98. The molecule has 0 aromatic heterocycles. The van der Waals surface area contributed by atoms with Crippen LogP contribution in [0.2, 0.25) is 0 Å². The van der Waals surface area contributed by atoms with Gasteiger partial charge in [0.05, 0.1) is 10.4 Å². The van der Waals surface area contributed by atoms with E-state index < -0.39 is 5.41 Å². The summed E-state index contributed by atoms with van der Waals surface area (Å²) in [5, 5.41) is 2.88. The maximum absolute atomic E-state index is 12.2. The highest BCUT2D eigenvalue weighted by atomic mass is 32.1. The Balaban J connectivity index is 2.93. The van der Waals surface area contributed by atoms with Crippen molar-refractivity contribution >= 4 is 28.8 Å². The molecule has 0 bridgehead atoms. The number of amides is 1. The van der Waals surface area contributed by atoms with Gasteiger partial charge in [0.2, 0.25) is 5.91 Å². The second-order valence-electron chi connectivity index (χ2n) is 4.80. The first-order chi connectivity index (χ1) is 8.31. The number of anilines is 1. The number of nitrogens with one attached hydrogen (secondary N) is 1. The van der Waals surface area contributed by atoms with Gasteiger partial charge in [0.15, 0.2) is 0 Å². The van der Waals surface area contributed by atoms with Crippen LogP contribution in [-0.4, -0.2) is 10.9 Å². The molecule has 1 rings (SSSR count). The Bertz CT molecular complexity index is 485. The number of hydrogen-bond donors (Lipinski definition) is 2. The molecule has 0 aliphatic carbocycles. The quantitative estimate of drug-likeness (QED) is 0.822. The van der Waals surface area contributed by atoms with Gasteiger partial charge in [-0.1, -0.05) is 25.2 Å². The Labute approximate surface area is 114 Å². The van der Waals surface area contributed by atoms with E-state index in [9.17, 15) is 4.79 Å². The van der Waals surface area contributed by atoms with Crippen LogP contribution in [0.15, 0.2) is 18.2 Å². The van der Waals surface area contributed by atoms with Crippen molar-refractivity contribution in [3.05, 3.63) is 29.3 Å². The molecule has 0 aliphatic heterocycles. The van der Waals surface area contributed by atoms with E-state index in [1.165, 1.54) is 5.56 Å². The van der Waals surface area contributed by atoms with Crippen molar-refractivity contribution in [1.82, 2.24) is 0 Å². The minimum Gasteiger partial charge on any atom is -0.392 e. The second-order valence-corrected chi connectivity index (χ2v) is 5.24. The lowest BCUT2D eigenvalue weighted by Gasteiger charge is -2.25. The molecule has 3 N–H and O–H groups in total. The molecule has 18 heavy (non-hydrogen) atoms. The predicted molar refractivity (Wildman–Crippen MR) is 79.7 cm³/mol. The van der Waals surface area contributed by atoms with Gasteiger partial charge in [0, 0.05) is 5.69 Å². The maximum atomic E-state index is 12.2. The number of carbonyl (C=O) groups excluding carboxylic acids is 1. The van der Waals surface area contributed by atoms with Crippen LogP contribution in [0.3, 0.4) is 0 Å². The number of carbonyl (C=O) groups is 1. The zero-order valence-electron chi connectivity index (χ0n) is 11.3. The highest BCUT2D eigenvalue weighted by Gasteiger charge is 2.34. The minimum absolute atomic E-state index is 0.152. The molecular formula is C14H20N2OS. The Morgan fingerprint density at radius 1 is 1.39 bits per heavy atom. The van der Waals surface area contributed by atoms with Crippen LogP contribution < -0.4 is 11.1 Å². The Morgan fingerprint density at radius 2 is 2.00 bits per heavy atom. The Kier molecular flexibility index (Phi) is 4.46. The largest absolute Gasteiger partial charge is 0.392 e. The summed E-state index contributed by atoms with van der Waals surface area (Å²) < 4.78 is 0. The maximum Gasteiger partial charge on any atom is 0.237 e. The summed E-state index contributed by atoms with van der Waals surface area (Å²) in [4.78, 5) is 12.5. The normalized spacial score (nSPS) is 13.8. The Hall–Kier alpha value is -1.42. The molecule has 1 amide bonds. The fraction of sp³-hybridized carbons (Fsp3) is 0.429. The molecule has 0 fully saturated rings. The van der Waals surface area contributed by atoms with E-state index in [1.807, 2.05) is 39.0 Å². The first-order valence-electron chi connectivity index (χ1n) is 6.00.